The van der Waals surface area contributed by atoms with Gasteiger partial charge in [-0.2, -0.15) is 0 Å². The fraction of sp³-hybridized carbons (Fsp3) is 0.462. The summed E-state index contributed by atoms with van der Waals surface area (Å²) in [5.41, 5.74) is -0.0730. The summed E-state index contributed by atoms with van der Waals surface area (Å²) in [5.74, 6) is -0.373. The lowest BCUT2D eigenvalue weighted by molar-refractivity contribution is -0.384. The first kappa shape index (κ1) is 16.4. The molecule has 1 aromatic rings. The van der Waals surface area contributed by atoms with Crippen LogP contribution in [0.15, 0.2) is 18.2 Å². The van der Waals surface area contributed by atoms with Crippen LogP contribution in [-0.4, -0.2) is 40.0 Å². The van der Waals surface area contributed by atoms with Crippen molar-refractivity contribution in [2.24, 2.45) is 0 Å². The highest BCUT2D eigenvalue weighted by atomic mass is 35.5. The number of hydrogen-bond acceptors (Lipinski definition) is 4. The van der Waals surface area contributed by atoms with E-state index in [1.165, 1.54) is 23.1 Å². The van der Waals surface area contributed by atoms with Crippen LogP contribution in [0.1, 0.15) is 30.6 Å². The maximum absolute atomic E-state index is 12.4. The molecule has 110 valence electrons. The van der Waals surface area contributed by atoms with Gasteiger partial charge < -0.3 is 10.0 Å². The highest BCUT2D eigenvalue weighted by Crippen LogP contribution is 2.24. The van der Waals surface area contributed by atoms with Gasteiger partial charge in [0.25, 0.3) is 11.6 Å². The first-order valence-corrected chi connectivity index (χ1v) is 6.62. The number of hydrogen-bond donors (Lipinski definition) is 1. The summed E-state index contributed by atoms with van der Waals surface area (Å²) in [6.45, 7) is 4.01. The van der Waals surface area contributed by atoms with Crippen molar-refractivity contribution in [3.8, 4) is 0 Å². The number of aliphatic hydroxyl groups excluding tert-OH is 1. The maximum atomic E-state index is 12.4. The number of amides is 1. The van der Waals surface area contributed by atoms with E-state index < -0.39 is 4.92 Å². The third-order valence-electron chi connectivity index (χ3n) is 2.83. The summed E-state index contributed by atoms with van der Waals surface area (Å²) in [7, 11) is 0. The van der Waals surface area contributed by atoms with Crippen LogP contribution < -0.4 is 0 Å². The molecule has 0 saturated heterocycles. The molecule has 0 aromatic heterocycles. The van der Waals surface area contributed by atoms with Gasteiger partial charge in [0.1, 0.15) is 0 Å². The second kappa shape index (κ2) is 7.21. The molecule has 0 spiro atoms. The summed E-state index contributed by atoms with van der Waals surface area (Å²) >= 11 is 5.96. The monoisotopic (exact) mass is 300 g/mol. The van der Waals surface area contributed by atoms with Gasteiger partial charge in [-0.1, -0.05) is 11.6 Å². The molecule has 0 aliphatic heterocycles. The molecule has 0 atom stereocenters. The van der Waals surface area contributed by atoms with Crippen molar-refractivity contribution in [3.05, 3.63) is 38.9 Å². The van der Waals surface area contributed by atoms with Gasteiger partial charge in [0.15, 0.2) is 0 Å². The Morgan fingerprint density at radius 2 is 2.15 bits per heavy atom. The van der Waals surface area contributed by atoms with E-state index in [4.69, 9.17) is 16.7 Å². The van der Waals surface area contributed by atoms with E-state index in [9.17, 15) is 14.9 Å². The molecule has 0 saturated carbocycles. The molecule has 1 aromatic carbocycles. The van der Waals surface area contributed by atoms with Crippen molar-refractivity contribution >= 4 is 23.2 Å². The third-order valence-corrected chi connectivity index (χ3v) is 3.16. The topological polar surface area (TPSA) is 83.7 Å². The van der Waals surface area contributed by atoms with Gasteiger partial charge in [-0.25, -0.2) is 0 Å². The van der Waals surface area contributed by atoms with Gasteiger partial charge >= 0.3 is 0 Å². The van der Waals surface area contributed by atoms with E-state index in [-0.39, 0.29) is 34.8 Å². The molecule has 0 bridgehead atoms. The van der Waals surface area contributed by atoms with Gasteiger partial charge in [-0.3, -0.25) is 14.9 Å². The summed E-state index contributed by atoms with van der Waals surface area (Å²) in [5, 5.41) is 19.8. The van der Waals surface area contributed by atoms with Crippen LogP contribution in [0.4, 0.5) is 5.69 Å². The Labute approximate surface area is 122 Å². The highest BCUT2D eigenvalue weighted by Gasteiger charge is 2.22. The van der Waals surface area contributed by atoms with E-state index in [1.54, 1.807) is 0 Å². The van der Waals surface area contributed by atoms with E-state index in [0.717, 1.165) is 0 Å². The van der Waals surface area contributed by atoms with Crippen molar-refractivity contribution in [2.75, 3.05) is 13.2 Å². The highest BCUT2D eigenvalue weighted by molar-refractivity contribution is 6.33. The van der Waals surface area contributed by atoms with Crippen LogP contribution in [0.2, 0.25) is 5.02 Å². The average molecular weight is 301 g/mol. The molecule has 6 nitrogen and oxygen atoms in total. The van der Waals surface area contributed by atoms with E-state index >= 15 is 0 Å². The quantitative estimate of drug-likeness (QED) is 0.646. The minimum atomic E-state index is -0.569. The van der Waals surface area contributed by atoms with Crippen LogP contribution >= 0.6 is 11.6 Å². The smallest absolute Gasteiger partial charge is 0.270 e. The number of non-ortho nitro benzene ring substituents is 1. The number of nitro benzene ring substituents is 1. The van der Waals surface area contributed by atoms with E-state index in [1.807, 2.05) is 13.8 Å². The van der Waals surface area contributed by atoms with Crippen molar-refractivity contribution < 1.29 is 14.8 Å². The second-order valence-electron chi connectivity index (χ2n) is 4.59. The molecular formula is C13H17ClN2O4. The third kappa shape index (κ3) is 3.91. The van der Waals surface area contributed by atoms with E-state index in [0.29, 0.717) is 13.0 Å². The van der Waals surface area contributed by atoms with Gasteiger partial charge in [-0.05, 0) is 26.3 Å². The number of carbonyl (C=O) groups excluding carboxylic acids is 1. The van der Waals surface area contributed by atoms with Gasteiger partial charge in [-0.15, -0.1) is 0 Å². The Hall–Kier alpha value is -1.66. The van der Waals surface area contributed by atoms with Crippen molar-refractivity contribution in [3.63, 3.8) is 0 Å². The first-order chi connectivity index (χ1) is 9.38. The zero-order valence-corrected chi connectivity index (χ0v) is 12.1. The lowest BCUT2D eigenvalue weighted by atomic mass is 10.1. The first-order valence-electron chi connectivity index (χ1n) is 6.24. The summed E-state index contributed by atoms with van der Waals surface area (Å²) in [4.78, 5) is 24.2. The number of carbonyl (C=O) groups is 1. The number of rotatable bonds is 6. The lowest BCUT2D eigenvalue weighted by Crippen LogP contribution is -2.38. The molecule has 1 amide bonds. The Kier molecular flexibility index (Phi) is 5.91. The molecule has 0 unspecified atom stereocenters. The Morgan fingerprint density at radius 3 is 2.65 bits per heavy atom. The summed E-state index contributed by atoms with van der Waals surface area (Å²) < 4.78 is 0. The molecule has 0 aliphatic rings. The number of nitro groups is 1. The zero-order chi connectivity index (χ0) is 15.3. The fourth-order valence-corrected chi connectivity index (χ4v) is 1.98. The van der Waals surface area contributed by atoms with Crippen LogP contribution in [0.3, 0.4) is 0 Å². The predicted octanol–water partition coefficient (Wildman–Crippen LogP) is 2.48. The Morgan fingerprint density at radius 1 is 1.50 bits per heavy atom. The minimum Gasteiger partial charge on any atom is -0.396 e. The SMILES string of the molecule is CC(C)N(CCCO)C(=O)c1cc([N+](=O)[O-])ccc1Cl. The number of nitrogens with zero attached hydrogens (tertiary/aromatic N) is 2. The Balaban J connectivity index is 3.10. The molecular weight excluding hydrogens is 284 g/mol. The van der Waals surface area contributed by atoms with Crippen molar-refractivity contribution in [1.29, 1.82) is 0 Å². The minimum absolute atomic E-state index is 0.0286. The number of benzene rings is 1. The summed E-state index contributed by atoms with van der Waals surface area (Å²) in [6, 6.07) is 3.69. The Bertz CT molecular complexity index is 505. The van der Waals surface area contributed by atoms with Crippen LogP contribution in [0, 0.1) is 10.1 Å². The summed E-state index contributed by atoms with van der Waals surface area (Å²) in [6.07, 6.45) is 0.441. The van der Waals surface area contributed by atoms with Gasteiger partial charge in [0.05, 0.1) is 15.5 Å². The maximum Gasteiger partial charge on any atom is 0.270 e. The number of halogens is 1. The lowest BCUT2D eigenvalue weighted by Gasteiger charge is -2.26. The molecule has 0 aliphatic carbocycles. The van der Waals surface area contributed by atoms with Crippen molar-refractivity contribution in [1.82, 2.24) is 4.90 Å². The zero-order valence-electron chi connectivity index (χ0n) is 11.4. The van der Waals surface area contributed by atoms with Crippen LogP contribution in [0.25, 0.3) is 0 Å². The van der Waals surface area contributed by atoms with Crippen LogP contribution in [0.5, 0.6) is 0 Å². The molecule has 0 heterocycles. The predicted molar refractivity (Wildman–Crippen MR) is 76.0 cm³/mol. The fourth-order valence-electron chi connectivity index (χ4n) is 1.78. The molecule has 0 radical (unpaired) electrons. The molecule has 0 fully saturated rings. The van der Waals surface area contributed by atoms with Gasteiger partial charge in [0.2, 0.25) is 0 Å². The molecule has 20 heavy (non-hydrogen) atoms. The molecule has 1 rings (SSSR count). The van der Waals surface area contributed by atoms with Crippen molar-refractivity contribution in [2.45, 2.75) is 26.3 Å². The second-order valence-corrected chi connectivity index (χ2v) is 5.00. The number of aliphatic hydroxyl groups is 1. The molecule has 7 heteroatoms. The molecule has 1 N–H and O–H groups in total. The largest absolute Gasteiger partial charge is 0.396 e. The van der Waals surface area contributed by atoms with E-state index in [2.05, 4.69) is 0 Å². The normalized spacial score (nSPS) is 10.7. The average Bonchev–Trinajstić information content (AvgIpc) is 2.38. The van der Waals surface area contributed by atoms with Gasteiger partial charge in [0, 0.05) is 31.3 Å². The van der Waals surface area contributed by atoms with Crippen LogP contribution in [-0.2, 0) is 0 Å². The standard InChI is InChI=1S/C13H17ClN2O4/c1-9(2)15(6-3-7-17)13(18)11-8-10(16(19)20)4-5-12(11)14/h4-5,8-9,17H,3,6-7H2,1-2H3.